The molecule has 3 heterocycles. The summed E-state index contributed by atoms with van der Waals surface area (Å²) in [6, 6.07) is 42.9. The number of pyridine rings is 3. The number of methoxy groups -OCH3 is 3. The minimum atomic E-state index is -0.799. The van der Waals surface area contributed by atoms with Gasteiger partial charge in [-0.2, -0.15) is 0 Å². The highest BCUT2D eigenvalue weighted by Gasteiger charge is 2.25. The van der Waals surface area contributed by atoms with Crippen LogP contribution in [-0.4, -0.2) is 101 Å². The second kappa shape index (κ2) is 31.1. The Morgan fingerprint density at radius 3 is 1.09 bits per heavy atom. The van der Waals surface area contributed by atoms with Crippen LogP contribution in [0.4, 0.5) is 0 Å². The number of carbonyl (C=O) groups is 6. The first kappa shape index (κ1) is 64.5. The Bertz CT molecular complexity index is 3860. The van der Waals surface area contributed by atoms with Crippen LogP contribution in [0.2, 0.25) is 0 Å². The lowest BCUT2D eigenvalue weighted by atomic mass is 10.1. The molecule has 0 radical (unpaired) electrons. The van der Waals surface area contributed by atoms with E-state index in [1.54, 1.807) is 66.7 Å². The van der Waals surface area contributed by atoms with Crippen LogP contribution in [0.25, 0.3) is 32.3 Å². The van der Waals surface area contributed by atoms with E-state index >= 15 is 0 Å². The zero-order valence-electron chi connectivity index (χ0n) is 49.0. The van der Waals surface area contributed by atoms with Crippen molar-refractivity contribution in [2.24, 2.45) is 0 Å². The minimum absolute atomic E-state index is 0.0607. The fourth-order valence-corrected chi connectivity index (χ4v) is 8.03. The number of aromatic nitrogens is 3. The summed E-state index contributed by atoms with van der Waals surface area (Å²) in [5.74, 6) is -1.13. The first-order valence-corrected chi connectivity index (χ1v) is 26.6. The lowest BCUT2D eigenvalue weighted by Gasteiger charge is -2.15. The number of ether oxygens (including phenoxy) is 9. The number of aromatic hydroxyl groups is 2. The molecule has 86 heavy (non-hydrogen) atoms. The van der Waals surface area contributed by atoms with Crippen molar-refractivity contribution < 1.29 is 81.6 Å². The van der Waals surface area contributed by atoms with Crippen molar-refractivity contribution in [1.29, 1.82) is 0 Å². The van der Waals surface area contributed by atoms with Crippen LogP contribution < -0.4 is 18.9 Å². The van der Waals surface area contributed by atoms with E-state index in [0.717, 1.165) is 5.39 Å². The maximum absolute atomic E-state index is 12.3. The van der Waals surface area contributed by atoms with Crippen molar-refractivity contribution in [3.63, 3.8) is 0 Å². The maximum atomic E-state index is 12.3. The zero-order chi connectivity index (χ0) is 62.5. The molecule has 0 aliphatic carbocycles. The summed E-state index contributed by atoms with van der Waals surface area (Å²) >= 11 is 0. The van der Waals surface area contributed by atoms with E-state index in [-0.39, 0.29) is 47.5 Å². The third-order valence-corrected chi connectivity index (χ3v) is 11.7. The van der Waals surface area contributed by atoms with E-state index in [2.05, 4.69) is 33.5 Å². The number of hydrogen-bond acceptors (Lipinski definition) is 21. The molecule has 0 unspecified atom stereocenters. The topological polar surface area (TPSA) is 268 Å². The third kappa shape index (κ3) is 17.4. The van der Waals surface area contributed by atoms with Gasteiger partial charge in [0.15, 0.2) is 34.3 Å². The smallest absolute Gasteiger partial charge is 0.360 e. The molecule has 0 saturated heterocycles. The number of rotatable bonds is 16. The van der Waals surface area contributed by atoms with E-state index in [1.807, 2.05) is 97.9 Å². The van der Waals surface area contributed by atoms with Gasteiger partial charge in [-0.15, -0.1) is 0 Å². The second-order valence-corrected chi connectivity index (χ2v) is 18.7. The van der Waals surface area contributed by atoms with Crippen molar-refractivity contribution in [1.82, 2.24) is 19.9 Å². The summed E-state index contributed by atoms with van der Waals surface area (Å²) in [6.45, 7) is 8.20. The molecule has 446 valence electrons. The molecule has 0 aliphatic rings. The summed E-state index contributed by atoms with van der Waals surface area (Å²) in [5.41, 5.74) is 0.735. The fourth-order valence-electron chi connectivity index (χ4n) is 8.03. The van der Waals surface area contributed by atoms with Gasteiger partial charge < -0.3 is 57.7 Å². The van der Waals surface area contributed by atoms with Crippen LogP contribution in [0.1, 0.15) is 89.6 Å². The van der Waals surface area contributed by atoms with Crippen LogP contribution in [0.15, 0.2) is 146 Å². The van der Waals surface area contributed by atoms with E-state index in [4.69, 9.17) is 37.9 Å². The SMILES string of the molecule is CCC.COC(=O)c1nc(CN(C)C)c2ccc(Oc3ccccc3)cc2c1O.COC(=O)c1nc(COC(C)=O)c2ccc(Oc3ccccc3)cc2c1O.COC(=O)c1nc(COC(C)=O)c2ccc(Oc3ccccc3)cc2c1OC(C)=O. The van der Waals surface area contributed by atoms with E-state index < -0.39 is 35.8 Å². The molecule has 0 amide bonds. The maximum Gasteiger partial charge on any atom is 0.360 e. The van der Waals surface area contributed by atoms with Gasteiger partial charge in [-0.1, -0.05) is 74.9 Å². The van der Waals surface area contributed by atoms with Crippen LogP contribution in [0.5, 0.6) is 51.7 Å². The molecule has 6 aromatic carbocycles. The molecule has 0 spiro atoms. The molecule has 0 saturated carbocycles. The number of fused-ring (bicyclic) bond motifs is 3. The molecule has 0 fully saturated rings. The number of hydrogen-bond donors (Lipinski definition) is 2. The normalized spacial score (nSPS) is 10.4. The predicted molar refractivity (Wildman–Crippen MR) is 318 cm³/mol. The molecule has 0 aliphatic heterocycles. The quantitative estimate of drug-likeness (QED) is 0.0672. The highest BCUT2D eigenvalue weighted by Crippen LogP contribution is 2.38. The summed E-state index contributed by atoms with van der Waals surface area (Å²) in [7, 11) is 7.45. The Morgan fingerprint density at radius 2 is 0.744 bits per heavy atom. The van der Waals surface area contributed by atoms with Gasteiger partial charge in [0.05, 0.1) is 38.4 Å². The predicted octanol–water partition coefficient (Wildman–Crippen LogP) is 12.4. The summed E-state index contributed by atoms with van der Waals surface area (Å²) < 4.78 is 47.0. The van der Waals surface area contributed by atoms with Crippen molar-refractivity contribution in [3.05, 3.63) is 180 Å². The van der Waals surface area contributed by atoms with E-state index in [1.165, 1.54) is 48.5 Å². The van der Waals surface area contributed by atoms with Gasteiger partial charge in [0.1, 0.15) is 47.7 Å². The Balaban J connectivity index is 0.000000202. The average Bonchev–Trinajstić information content (AvgIpc) is 1.04. The van der Waals surface area contributed by atoms with Gasteiger partial charge in [-0.25, -0.2) is 29.3 Å². The molecule has 2 N–H and O–H groups in total. The first-order valence-electron chi connectivity index (χ1n) is 26.6. The Labute approximate surface area is 495 Å². The number of para-hydroxylation sites is 3. The first-order chi connectivity index (χ1) is 41.3. The summed E-state index contributed by atoms with van der Waals surface area (Å²) in [5, 5.41) is 24.1. The third-order valence-electron chi connectivity index (χ3n) is 11.7. The van der Waals surface area contributed by atoms with Gasteiger partial charge in [0, 0.05) is 59.6 Å². The number of esters is 6. The Morgan fingerprint density at radius 1 is 0.419 bits per heavy atom. The van der Waals surface area contributed by atoms with Crippen molar-refractivity contribution in [3.8, 4) is 51.7 Å². The lowest BCUT2D eigenvalue weighted by molar-refractivity contribution is -0.143. The van der Waals surface area contributed by atoms with Crippen molar-refractivity contribution in [2.75, 3.05) is 35.4 Å². The lowest BCUT2D eigenvalue weighted by Crippen LogP contribution is -2.15. The molecule has 0 atom stereocenters. The van der Waals surface area contributed by atoms with Gasteiger partial charge in [-0.05, 0) is 105 Å². The molecule has 3 aromatic heterocycles. The molecule has 9 aromatic rings. The van der Waals surface area contributed by atoms with E-state index in [9.17, 15) is 39.0 Å². The molecule has 9 rings (SSSR count). The Hall–Kier alpha value is -10.7. The van der Waals surface area contributed by atoms with Gasteiger partial charge in [0.2, 0.25) is 0 Å². The van der Waals surface area contributed by atoms with Crippen molar-refractivity contribution in [2.45, 2.75) is 60.8 Å². The number of nitrogens with zero attached hydrogens (tertiary/aromatic N) is 4. The van der Waals surface area contributed by atoms with Gasteiger partial charge in [0.25, 0.3) is 0 Å². The van der Waals surface area contributed by atoms with Crippen LogP contribution >= 0.6 is 0 Å². The summed E-state index contributed by atoms with van der Waals surface area (Å²) in [6.07, 6.45) is 1.25. The van der Waals surface area contributed by atoms with Gasteiger partial charge >= 0.3 is 35.8 Å². The molecular weight excluding hydrogens is 1110 g/mol. The number of benzene rings is 6. The highest BCUT2D eigenvalue weighted by molar-refractivity contribution is 6.03. The molecule has 0 bridgehead atoms. The van der Waals surface area contributed by atoms with Crippen LogP contribution in [0, 0.1) is 0 Å². The second-order valence-electron chi connectivity index (χ2n) is 18.7. The zero-order valence-corrected chi connectivity index (χ0v) is 49.0. The number of carbonyl (C=O) groups excluding carboxylic acids is 6. The Kier molecular flexibility index (Phi) is 23.3. The van der Waals surface area contributed by atoms with Crippen LogP contribution in [-0.2, 0) is 57.8 Å². The van der Waals surface area contributed by atoms with Crippen molar-refractivity contribution >= 4 is 68.1 Å². The minimum Gasteiger partial charge on any atom is -0.505 e. The average molecular weight is 1170 g/mol. The highest BCUT2D eigenvalue weighted by atomic mass is 16.6. The molecule has 21 nitrogen and oxygen atoms in total. The van der Waals surface area contributed by atoms with Crippen LogP contribution in [0.3, 0.4) is 0 Å². The standard InChI is InChI=1S/C22H19NO7.C20H20N2O4.C20H17NO6.C3H8/c1-13(24)28-12-19-17-10-9-16(30-15-7-5-4-6-8-15)11-18(17)21(29-14(2)25)20(23-19)22(26)27-3;1-22(2)12-17-15-10-9-14(26-13-7-5-4-6-8-13)11-16(15)19(23)18(21-17)20(24)25-3;1-12(22)26-11-17-15-9-8-14(27-13-6-4-3-5-7-13)10-16(15)19(23)18(21-17)20(24)25-2;1-3-2/h4-11H,12H2,1-3H3;4-11,23H,12H2,1-3H3;3-10,23H,11H2,1-2H3;3H2,1-2H3. The molecular formula is C65H64N4O17. The molecule has 21 heteroatoms. The largest absolute Gasteiger partial charge is 0.505 e. The summed E-state index contributed by atoms with van der Waals surface area (Å²) in [4.78, 5) is 85.0. The monoisotopic (exact) mass is 1170 g/mol. The van der Waals surface area contributed by atoms with Gasteiger partial charge in [-0.3, -0.25) is 14.4 Å². The fraction of sp³-hybridized carbons (Fsp3) is 0.215. The van der Waals surface area contributed by atoms with E-state index in [0.29, 0.717) is 85.1 Å².